The molecule has 2 nitrogen and oxygen atoms in total. The maximum Gasteiger partial charge on any atom is 0.0365 e. The molecule has 1 aliphatic rings. The lowest BCUT2D eigenvalue weighted by Gasteiger charge is -2.46. The molecule has 1 N–H and O–H groups in total. The van der Waals surface area contributed by atoms with Gasteiger partial charge in [-0.1, -0.05) is 33.6 Å². The average Bonchev–Trinajstić information content (AvgIpc) is 3.11. The van der Waals surface area contributed by atoms with Crippen molar-refractivity contribution in [3.05, 3.63) is 22.4 Å². The Bertz CT molecular complexity index is 364. The first-order valence-corrected chi connectivity index (χ1v) is 9.20. The Hall–Kier alpha value is -0.380. The summed E-state index contributed by atoms with van der Waals surface area (Å²) in [4.78, 5) is 2.72. The summed E-state index contributed by atoms with van der Waals surface area (Å²) in [6, 6.07) is 2.88. The van der Waals surface area contributed by atoms with Crippen LogP contribution in [0.25, 0.3) is 0 Å². The van der Waals surface area contributed by atoms with E-state index in [1.165, 1.54) is 50.8 Å². The zero-order valence-electron chi connectivity index (χ0n) is 13.3. The van der Waals surface area contributed by atoms with E-state index in [-0.39, 0.29) is 0 Å². The second-order valence-electron chi connectivity index (χ2n) is 5.93. The second kappa shape index (κ2) is 7.58. The number of likely N-dealkylation sites (N-methyl/N-ethyl adjacent to an activating group) is 2. The normalized spacial score (nSPS) is 19.6. The van der Waals surface area contributed by atoms with Gasteiger partial charge < -0.3 is 5.32 Å². The van der Waals surface area contributed by atoms with Crippen LogP contribution in [-0.4, -0.2) is 36.1 Å². The smallest absolute Gasteiger partial charge is 0.0365 e. The average molecular weight is 295 g/mol. The molecule has 114 valence electrons. The van der Waals surface area contributed by atoms with Gasteiger partial charge in [-0.15, -0.1) is 0 Å². The minimum Gasteiger partial charge on any atom is -0.312 e. The third kappa shape index (κ3) is 3.26. The molecule has 0 amide bonds. The van der Waals surface area contributed by atoms with Crippen LogP contribution in [0, 0.1) is 0 Å². The Balaban J connectivity index is 2.22. The summed E-state index contributed by atoms with van der Waals surface area (Å²) < 4.78 is 0. The molecular formula is C17H30N2S. The number of nitrogens with one attached hydrogen (secondary N) is 1. The quantitative estimate of drug-likeness (QED) is 0.781. The highest BCUT2D eigenvalue weighted by Gasteiger charge is 2.44. The molecule has 0 saturated heterocycles. The summed E-state index contributed by atoms with van der Waals surface area (Å²) in [5, 5.41) is 8.34. The minimum atomic E-state index is 0.376. The lowest BCUT2D eigenvalue weighted by molar-refractivity contribution is 0.0636. The molecular weight excluding hydrogens is 264 g/mol. The fourth-order valence-electron chi connectivity index (χ4n) is 4.07. The zero-order valence-corrected chi connectivity index (χ0v) is 14.1. The molecule has 0 bridgehead atoms. The van der Waals surface area contributed by atoms with E-state index in [0.717, 1.165) is 6.54 Å². The highest BCUT2D eigenvalue weighted by atomic mass is 32.1. The molecule has 0 spiro atoms. The summed E-state index contributed by atoms with van der Waals surface area (Å²) in [6.45, 7) is 10.3. The van der Waals surface area contributed by atoms with Crippen molar-refractivity contribution in [1.29, 1.82) is 0 Å². The molecule has 1 aliphatic carbocycles. The summed E-state index contributed by atoms with van der Waals surface area (Å²) in [6.07, 6.45) is 6.67. The van der Waals surface area contributed by atoms with Crippen LogP contribution < -0.4 is 5.32 Å². The first kappa shape index (κ1) is 16.0. The molecule has 1 saturated carbocycles. The van der Waals surface area contributed by atoms with E-state index in [0.29, 0.717) is 11.6 Å². The van der Waals surface area contributed by atoms with Gasteiger partial charge in [0.15, 0.2) is 0 Å². The third-order valence-corrected chi connectivity index (χ3v) is 5.71. The first-order valence-electron chi connectivity index (χ1n) is 8.26. The van der Waals surface area contributed by atoms with Crippen LogP contribution >= 0.6 is 11.3 Å². The van der Waals surface area contributed by atoms with Crippen LogP contribution in [0.4, 0.5) is 0 Å². The van der Waals surface area contributed by atoms with Gasteiger partial charge in [0.25, 0.3) is 0 Å². The molecule has 1 aromatic rings. The topological polar surface area (TPSA) is 15.3 Å². The molecule has 20 heavy (non-hydrogen) atoms. The minimum absolute atomic E-state index is 0.376. The summed E-state index contributed by atoms with van der Waals surface area (Å²) in [5.41, 5.74) is 1.88. The molecule has 0 aliphatic heterocycles. The number of hydrogen-bond donors (Lipinski definition) is 1. The molecule has 0 radical (unpaired) electrons. The Kier molecular flexibility index (Phi) is 6.06. The van der Waals surface area contributed by atoms with E-state index in [9.17, 15) is 0 Å². The van der Waals surface area contributed by atoms with Gasteiger partial charge >= 0.3 is 0 Å². The van der Waals surface area contributed by atoms with Crippen LogP contribution in [-0.2, 0) is 6.42 Å². The number of rotatable bonds is 8. The lowest BCUT2D eigenvalue weighted by atomic mass is 9.82. The van der Waals surface area contributed by atoms with Gasteiger partial charge in [0, 0.05) is 11.6 Å². The molecule has 1 heterocycles. The van der Waals surface area contributed by atoms with Crippen molar-refractivity contribution in [3.63, 3.8) is 0 Å². The summed E-state index contributed by atoms with van der Waals surface area (Å²) in [5.74, 6) is 0. The molecule has 1 unspecified atom stereocenters. The number of nitrogens with zero attached hydrogens (tertiary/aromatic N) is 1. The molecule has 3 heteroatoms. The maximum absolute atomic E-state index is 3.82. The van der Waals surface area contributed by atoms with Crippen molar-refractivity contribution >= 4 is 11.3 Å². The van der Waals surface area contributed by atoms with Crippen LogP contribution in [0.5, 0.6) is 0 Å². The van der Waals surface area contributed by atoms with Crippen LogP contribution in [0.3, 0.4) is 0 Å². The molecule has 1 aromatic heterocycles. The fourth-order valence-corrected chi connectivity index (χ4v) is 4.75. The van der Waals surface area contributed by atoms with Crippen molar-refractivity contribution in [2.24, 2.45) is 0 Å². The molecule has 0 aromatic carbocycles. The van der Waals surface area contributed by atoms with Crippen molar-refractivity contribution in [1.82, 2.24) is 10.2 Å². The van der Waals surface area contributed by atoms with Gasteiger partial charge in [0.1, 0.15) is 0 Å². The van der Waals surface area contributed by atoms with E-state index in [1.54, 1.807) is 0 Å². The van der Waals surface area contributed by atoms with E-state index >= 15 is 0 Å². The second-order valence-corrected chi connectivity index (χ2v) is 6.71. The Morgan fingerprint density at radius 2 is 1.95 bits per heavy atom. The van der Waals surface area contributed by atoms with Gasteiger partial charge in [-0.25, -0.2) is 0 Å². The van der Waals surface area contributed by atoms with Crippen molar-refractivity contribution in [2.45, 2.75) is 64.5 Å². The lowest BCUT2D eigenvalue weighted by Crippen LogP contribution is -2.60. The standard InChI is InChI=1S/C17H30N2S/c1-4-18-16(13-15-9-12-20-14-15)17(10-7-8-11-17)19(5-2)6-3/h9,12,14,16,18H,4-8,10-11,13H2,1-3H3. The number of thiophene rings is 1. The summed E-state index contributed by atoms with van der Waals surface area (Å²) >= 11 is 1.82. The van der Waals surface area contributed by atoms with Crippen LogP contribution in [0.2, 0.25) is 0 Å². The van der Waals surface area contributed by atoms with E-state index in [4.69, 9.17) is 0 Å². The van der Waals surface area contributed by atoms with Gasteiger partial charge in [0.05, 0.1) is 0 Å². The van der Waals surface area contributed by atoms with Gasteiger partial charge in [-0.3, -0.25) is 4.90 Å². The van der Waals surface area contributed by atoms with E-state index in [2.05, 4.69) is 47.8 Å². The SMILES string of the molecule is CCNC(Cc1ccsc1)C1(N(CC)CC)CCCC1. The molecule has 2 rings (SSSR count). The van der Waals surface area contributed by atoms with Crippen molar-refractivity contribution in [3.8, 4) is 0 Å². The fraction of sp³-hybridized carbons (Fsp3) is 0.765. The Morgan fingerprint density at radius 3 is 2.45 bits per heavy atom. The highest BCUT2D eigenvalue weighted by Crippen LogP contribution is 2.39. The van der Waals surface area contributed by atoms with Crippen molar-refractivity contribution < 1.29 is 0 Å². The predicted octanol–water partition coefficient (Wildman–Crippen LogP) is 3.92. The highest BCUT2D eigenvalue weighted by molar-refractivity contribution is 7.07. The molecule has 1 atom stereocenters. The predicted molar refractivity (Wildman–Crippen MR) is 89.6 cm³/mol. The van der Waals surface area contributed by atoms with Gasteiger partial charge in [-0.2, -0.15) is 11.3 Å². The summed E-state index contributed by atoms with van der Waals surface area (Å²) in [7, 11) is 0. The van der Waals surface area contributed by atoms with Crippen molar-refractivity contribution in [2.75, 3.05) is 19.6 Å². The Morgan fingerprint density at radius 1 is 1.25 bits per heavy atom. The van der Waals surface area contributed by atoms with Gasteiger partial charge in [0.2, 0.25) is 0 Å². The van der Waals surface area contributed by atoms with Crippen LogP contribution in [0.1, 0.15) is 52.0 Å². The first-order chi connectivity index (χ1) is 9.76. The van der Waals surface area contributed by atoms with Gasteiger partial charge in [-0.05, 0) is 61.3 Å². The van der Waals surface area contributed by atoms with E-state index < -0.39 is 0 Å². The monoisotopic (exact) mass is 294 g/mol. The molecule has 1 fully saturated rings. The third-order valence-electron chi connectivity index (χ3n) is 4.98. The maximum atomic E-state index is 3.82. The number of hydrogen-bond acceptors (Lipinski definition) is 3. The zero-order chi connectivity index (χ0) is 14.4. The van der Waals surface area contributed by atoms with E-state index in [1.807, 2.05) is 11.3 Å². The van der Waals surface area contributed by atoms with Crippen LogP contribution in [0.15, 0.2) is 16.8 Å². The largest absolute Gasteiger partial charge is 0.312 e. The Labute approximate surface area is 128 Å².